The molecule has 21 heavy (non-hydrogen) atoms. The lowest BCUT2D eigenvalue weighted by atomic mass is 9.99. The van der Waals surface area contributed by atoms with E-state index in [1.165, 1.54) is 0 Å². The first-order chi connectivity index (χ1) is 9.85. The minimum atomic E-state index is -0.534. The van der Waals surface area contributed by atoms with Gasteiger partial charge in [0.25, 0.3) is 5.91 Å². The molecule has 1 aromatic heterocycles. The minimum Gasteiger partial charge on any atom is -0.347 e. The van der Waals surface area contributed by atoms with Crippen LogP contribution in [0.4, 0.5) is 0 Å². The van der Waals surface area contributed by atoms with Gasteiger partial charge in [-0.1, -0.05) is 6.07 Å². The van der Waals surface area contributed by atoms with Crippen LogP contribution in [0.3, 0.4) is 0 Å². The summed E-state index contributed by atoms with van der Waals surface area (Å²) in [5, 5.41) is 6.00. The van der Waals surface area contributed by atoms with E-state index in [1.54, 1.807) is 12.4 Å². The first-order valence-electron chi connectivity index (χ1n) is 7.36. The second-order valence-electron chi connectivity index (χ2n) is 6.62. The van der Waals surface area contributed by atoms with Crippen LogP contribution >= 0.6 is 0 Å². The average Bonchev–Trinajstić information content (AvgIpc) is 3.20. The number of nitrogens with zero attached hydrogens (tertiary/aromatic N) is 1. The summed E-state index contributed by atoms with van der Waals surface area (Å²) in [5.41, 5.74) is 0.689. The quantitative estimate of drug-likeness (QED) is 0.773. The summed E-state index contributed by atoms with van der Waals surface area (Å²) in [6.45, 7) is 5.94. The van der Waals surface area contributed by atoms with Gasteiger partial charge in [-0.3, -0.25) is 14.6 Å². The molecular formula is C16H23N3O2. The molecule has 1 atom stereocenters. The molecular weight excluding hydrogens is 266 g/mol. The molecule has 2 N–H and O–H groups in total. The van der Waals surface area contributed by atoms with Gasteiger partial charge in [0.2, 0.25) is 5.78 Å². The van der Waals surface area contributed by atoms with Crippen molar-refractivity contribution in [2.75, 3.05) is 0 Å². The molecule has 1 saturated carbocycles. The zero-order chi connectivity index (χ0) is 15.5. The highest BCUT2D eigenvalue weighted by molar-refractivity contribution is 6.38. The zero-order valence-electron chi connectivity index (χ0n) is 12.8. The van der Waals surface area contributed by atoms with Crippen molar-refractivity contribution in [3.63, 3.8) is 0 Å². The summed E-state index contributed by atoms with van der Waals surface area (Å²) < 4.78 is 0. The van der Waals surface area contributed by atoms with Crippen molar-refractivity contribution in [3.8, 4) is 0 Å². The van der Waals surface area contributed by atoms with Crippen LogP contribution in [0.25, 0.3) is 0 Å². The summed E-state index contributed by atoms with van der Waals surface area (Å²) in [4.78, 5) is 28.4. The van der Waals surface area contributed by atoms with E-state index >= 15 is 0 Å². The lowest BCUT2D eigenvalue weighted by molar-refractivity contribution is -0.139. The number of nitrogens with one attached hydrogen (secondary N) is 2. The lowest BCUT2D eigenvalue weighted by Gasteiger charge is -2.27. The number of Topliss-reactive ketones (excluding diaryl/α,β-unsaturated/α-hetero) is 1. The molecule has 1 unspecified atom stereocenters. The second kappa shape index (κ2) is 6.35. The van der Waals surface area contributed by atoms with Gasteiger partial charge >= 0.3 is 0 Å². The van der Waals surface area contributed by atoms with Crippen molar-refractivity contribution in [1.82, 2.24) is 15.6 Å². The molecule has 0 aromatic carbocycles. The van der Waals surface area contributed by atoms with Crippen LogP contribution in [0, 0.1) is 0 Å². The fraction of sp³-hybridized carbons (Fsp3) is 0.562. The normalized spacial score (nSPS) is 16.3. The number of rotatable bonds is 6. The SMILES string of the molecule is CC(C)(C)NC(Cc1cccnc1)C(=O)C(=O)NC1CC1. The predicted octanol–water partition coefficient (Wildman–Crippen LogP) is 1.23. The van der Waals surface area contributed by atoms with E-state index in [-0.39, 0.29) is 11.6 Å². The molecule has 1 amide bonds. The average molecular weight is 289 g/mol. The van der Waals surface area contributed by atoms with Crippen LogP contribution in [0.15, 0.2) is 24.5 Å². The highest BCUT2D eigenvalue weighted by Crippen LogP contribution is 2.18. The van der Waals surface area contributed by atoms with Crippen molar-refractivity contribution >= 4 is 11.7 Å². The highest BCUT2D eigenvalue weighted by atomic mass is 16.2. The third kappa shape index (κ3) is 5.27. The van der Waals surface area contributed by atoms with Crippen LogP contribution in [0.2, 0.25) is 0 Å². The van der Waals surface area contributed by atoms with Crippen molar-refractivity contribution < 1.29 is 9.59 Å². The van der Waals surface area contributed by atoms with E-state index in [4.69, 9.17) is 0 Å². The van der Waals surface area contributed by atoms with Gasteiger partial charge in [-0.25, -0.2) is 0 Å². The number of amides is 1. The van der Waals surface area contributed by atoms with E-state index in [1.807, 2.05) is 32.9 Å². The van der Waals surface area contributed by atoms with Gasteiger partial charge in [0.15, 0.2) is 0 Å². The number of carbonyl (C=O) groups excluding carboxylic acids is 2. The van der Waals surface area contributed by atoms with Crippen molar-refractivity contribution in [1.29, 1.82) is 0 Å². The molecule has 0 radical (unpaired) electrons. The standard InChI is InChI=1S/C16H23N3O2/c1-16(2,3)19-13(9-11-5-4-8-17-10-11)14(20)15(21)18-12-6-7-12/h4-5,8,10,12-13,19H,6-7,9H2,1-3H3,(H,18,21). The summed E-state index contributed by atoms with van der Waals surface area (Å²) >= 11 is 0. The molecule has 1 aliphatic rings. The molecule has 5 heteroatoms. The Kier molecular flexibility index (Phi) is 4.73. The third-order valence-electron chi connectivity index (χ3n) is 3.22. The Hall–Kier alpha value is -1.75. The van der Waals surface area contributed by atoms with Crippen LogP contribution in [-0.4, -0.2) is 34.3 Å². The topological polar surface area (TPSA) is 71.1 Å². The Labute approximate surface area is 125 Å². The second-order valence-corrected chi connectivity index (χ2v) is 6.62. The van der Waals surface area contributed by atoms with Crippen molar-refractivity contribution in [2.24, 2.45) is 0 Å². The Bertz CT molecular complexity index is 504. The molecule has 0 saturated heterocycles. The molecule has 1 aliphatic carbocycles. The van der Waals surface area contributed by atoms with Gasteiger partial charge in [-0.05, 0) is 51.7 Å². The number of aromatic nitrogens is 1. The molecule has 1 aromatic rings. The molecule has 2 rings (SSSR count). The maximum absolute atomic E-state index is 12.4. The van der Waals surface area contributed by atoms with Gasteiger partial charge in [0, 0.05) is 24.0 Å². The number of pyridine rings is 1. The summed E-state index contributed by atoms with van der Waals surface area (Å²) in [6.07, 6.45) is 5.82. The number of hydrogen-bond acceptors (Lipinski definition) is 4. The van der Waals surface area contributed by atoms with Gasteiger partial charge in [-0.2, -0.15) is 0 Å². The Morgan fingerprint density at radius 2 is 2.10 bits per heavy atom. The first kappa shape index (κ1) is 15.6. The van der Waals surface area contributed by atoms with Crippen LogP contribution in [-0.2, 0) is 16.0 Å². The maximum atomic E-state index is 12.4. The van der Waals surface area contributed by atoms with E-state index in [0.29, 0.717) is 6.42 Å². The molecule has 1 heterocycles. The largest absolute Gasteiger partial charge is 0.347 e. The van der Waals surface area contributed by atoms with Crippen LogP contribution in [0.1, 0.15) is 39.2 Å². The molecule has 1 fully saturated rings. The lowest BCUT2D eigenvalue weighted by Crippen LogP contribution is -2.53. The zero-order valence-corrected chi connectivity index (χ0v) is 12.8. The van der Waals surface area contributed by atoms with Crippen molar-refractivity contribution in [3.05, 3.63) is 30.1 Å². The predicted molar refractivity (Wildman–Crippen MR) is 80.8 cm³/mol. The van der Waals surface area contributed by atoms with E-state index in [0.717, 1.165) is 18.4 Å². The molecule has 0 spiro atoms. The summed E-state index contributed by atoms with van der Waals surface area (Å²) in [7, 11) is 0. The van der Waals surface area contributed by atoms with Crippen LogP contribution in [0.5, 0.6) is 0 Å². The molecule has 114 valence electrons. The minimum absolute atomic E-state index is 0.190. The van der Waals surface area contributed by atoms with E-state index < -0.39 is 17.7 Å². The maximum Gasteiger partial charge on any atom is 0.289 e. The summed E-state index contributed by atoms with van der Waals surface area (Å²) in [6, 6.07) is 3.40. The van der Waals surface area contributed by atoms with Gasteiger partial charge in [0.05, 0.1) is 6.04 Å². The van der Waals surface area contributed by atoms with Gasteiger partial charge in [-0.15, -0.1) is 0 Å². The third-order valence-corrected chi connectivity index (χ3v) is 3.22. The Balaban J connectivity index is 2.06. The smallest absolute Gasteiger partial charge is 0.289 e. The van der Waals surface area contributed by atoms with Crippen molar-refractivity contribution in [2.45, 2.75) is 57.7 Å². The van der Waals surface area contributed by atoms with Gasteiger partial charge < -0.3 is 10.6 Å². The van der Waals surface area contributed by atoms with Crippen LogP contribution < -0.4 is 10.6 Å². The highest BCUT2D eigenvalue weighted by Gasteiger charge is 2.32. The fourth-order valence-electron chi connectivity index (χ4n) is 2.13. The summed E-state index contributed by atoms with van der Waals surface area (Å²) in [5.74, 6) is -0.885. The molecule has 0 bridgehead atoms. The first-order valence-corrected chi connectivity index (χ1v) is 7.36. The fourth-order valence-corrected chi connectivity index (χ4v) is 2.13. The number of hydrogen-bond donors (Lipinski definition) is 2. The molecule has 5 nitrogen and oxygen atoms in total. The van der Waals surface area contributed by atoms with Gasteiger partial charge in [0.1, 0.15) is 0 Å². The monoisotopic (exact) mass is 289 g/mol. The van der Waals surface area contributed by atoms with E-state index in [2.05, 4.69) is 15.6 Å². The Morgan fingerprint density at radius 3 is 2.62 bits per heavy atom. The molecule has 0 aliphatic heterocycles. The number of ketones is 1. The van der Waals surface area contributed by atoms with E-state index in [9.17, 15) is 9.59 Å². The number of carbonyl (C=O) groups is 2. The Morgan fingerprint density at radius 1 is 1.38 bits per heavy atom.